The predicted octanol–water partition coefficient (Wildman–Crippen LogP) is 2.84. The van der Waals surface area contributed by atoms with Crippen LogP contribution in [0.5, 0.6) is 5.75 Å². The molecule has 1 aromatic rings. The van der Waals surface area contributed by atoms with Crippen molar-refractivity contribution in [2.45, 2.75) is 20.8 Å². The molecule has 0 aliphatic carbocycles. The number of hydrogen-bond acceptors (Lipinski definition) is 3. The van der Waals surface area contributed by atoms with Crippen molar-refractivity contribution in [2.75, 3.05) is 19.7 Å². The topological polar surface area (TPSA) is 38.3 Å². The van der Waals surface area contributed by atoms with Crippen molar-refractivity contribution in [3.63, 3.8) is 0 Å². The van der Waals surface area contributed by atoms with E-state index in [1.54, 1.807) is 6.07 Å². The standard InChI is InChI=1S/C13H18ClNO2/c1-4-15-8-12(16)10-7-11(14)13(17-5-2)6-9(10)3/h6-7,15H,4-5,8H2,1-3H3. The molecule has 0 saturated carbocycles. The van der Waals surface area contributed by atoms with Crippen LogP contribution in [0.25, 0.3) is 0 Å². The van der Waals surface area contributed by atoms with Gasteiger partial charge in [0.05, 0.1) is 18.2 Å². The van der Waals surface area contributed by atoms with E-state index in [-0.39, 0.29) is 5.78 Å². The molecule has 0 heterocycles. The molecule has 0 bridgehead atoms. The van der Waals surface area contributed by atoms with E-state index in [2.05, 4.69) is 5.32 Å². The number of ketones is 1. The molecule has 0 spiro atoms. The Morgan fingerprint density at radius 3 is 2.71 bits per heavy atom. The molecule has 0 aliphatic rings. The van der Waals surface area contributed by atoms with E-state index in [1.807, 2.05) is 26.8 Å². The minimum absolute atomic E-state index is 0.0503. The molecule has 3 nitrogen and oxygen atoms in total. The van der Waals surface area contributed by atoms with Crippen molar-refractivity contribution in [1.82, 2.24) is 5.32 Å². The van der Waals surface area contributed by atoms with Crippen LogP contribution >= 0.6 is 11.6 Å². The summed E-state index contributed by atoms with van der Waals surface area (Å²) in [5, 5.41) is 3.49. The molecular weight excluding hydrogens is 238 g/mol. The van der Waals surface area contributed by atoms with Crippen molar-refractivity contribution in [3.05, 3.63) is 28.3 Å². The highest BCUT2D eigenvalue weighted by atomic mass is 35.5. The van der Waals surface area contributed by atoms with E-state index in [9.17, 15) is 4.79 Å². The van der Waals surface area contributed by atoms with Crippen LogP contribution in [-0.2, 0) is 0 Å². The maximum absolute atomic E-state index is 11.9. The fraction of sp³-hybridized carbons (Fsp3) is 0.462. The smallest absolute Gasteiger partial charge is 0.176 e. The maximum atomic E-state index is 11.9. The lowest BCUT2D eigenvalue weighted by atomic mass is 10.0. The Kier molecular flexibility index (Phi) is 5.45. The molecule has 1 N–H and O–H groups in total. The van der Waals surface area contributed by atoms with Gasteiger partial charge in [-0.15, -0.1) is 0 Å². The number of nitrogens with one attached hydrogen (secondary N) is 1. The first-order valence-corrected chi connectivity index (χ1v) is 6.14. The minimum atomic E-state index is 0.0503. The van der Waals surface area contributed by atoms with Gasteiger partial charge in [0, 0.05) is 5.56 Å². The Bertz CT molecular complexity index is 405. The van der Waals surface area contributed by atoms with Gasteiger partial charge >= 0.3 is 0 Å². The average molecular weight is 256 g/mol. The highest BCUT2D eigenvalue weighted by Crippen LogP contribution is 2.28. The predicted molar refractivity (Wildman–Crippen MR) is 70.2 cm³/mol. The van der Waals surface area contributed by atoms with Gasteiger partial charge in [-0.1, -0.05) is 18.5 Å². The summed E-state index contributed by atoms with van der Waals surface area (Å²) in [6.45, 7) is 7.42. The number of hydrogen-bond donors (Lipinski definition) is 1. The number of likely N-dealkylation sites (N-methyl/N-ethyl adjacent to an activating group) is 1. The molecule has 0 aliphatic heterocycles. The van der Waals surface area contributed by atoms with Crippen LogP contribution < -0.4 is 10.1 Å². The summed E-state index contributed by atoms with van der Waals surface area (Å²) in [7, 11) is 0. The normalized spacial score (nSPS) is 10.4. The molecule has 17 heavy (non-hydrogen) atoms. The third kappa shape index (κ3) is 3.72. The van der Waals surface area contributed by atoms with Gasteiger partial charge in [-0.2, -0.15) is 0 Å². The largest absolute Gasteiger partial charge is 0.492 e. The van der Waals surface area contributed by atoms with E-state index in [0.29, 0.717) is 29.5 Å². The second-order valence-corrected chi connectivity index (χ2v) is 4.14. The van der Waals surface area contributed by atoms with Crippen molar-refractivity contribution >= 4 is 17.4 Å². The quantitative estimate of drug-likeness (QED) is 0.795. The number of Topliss-reactive ketones (excluding diaryl/α,β-unsaturated/α-hetero) is 1. The lowest BCUT2D eigenvalue weighted by molar-refractivity contribution is 0.0991. The molecule has 1 rings (SSSR count). The molecule has 0 radical (unpaired) electrons. The molecule has 4 heteroatoms. The summed E-state index contributed by atoms with van der Waals surface area (Å²) in [6, 6.07) is 3.49. The molecule has 94 valence electrons. The van der Waals surface area contributed by atoms with Crippen LogP contribution in [-0.4, -0.2) is 25.5 Å². The molecule has 0 unspecified atom stereocenters. The number of aryl methyl sites for hydroxylation is 1. The first kappa shape index (κ1) is 14.0. The molecule has 1 aromatic carbocycles. The van der Waals surface area contributed by atoms with Gasteiger partial charge in [0.25, 0.3) is 0 Å². The SMILES string of the molecule is CCNCC(=O)c1cc(Cl)c(OCC)cc1C. The van der Waals surface area contributed by atoms with Crippen LogP contribution in [0.4, 0.5) is 0 Å². The second-order valence-electron chi connectivity index (χ2n) is 3.73. The number of halogens is 1. The zero-order valence-corrected chi connectivity index (χ0v) is 11.2. The van der Waals surface area contributed by atoms with E-state index in [0.717, 1.165) is 12.1 Å². The van der Waals surface area contributed by atoms with Gasteiger partial charge < -0.3 is 10.1 Å². The maximum Gasteiger partial charge on any atom is 0.176 e. The number of ether oxygens (including phenoxy) is 1. The number of rotatable bonds is 6. The Morgan fingerprint density at radius 1 is 1.41 bits per heavy atom. The Hall–Kier alpha value is -1.06. The summed E-state index contributed by atoms with van der Waals surface area (Å²) in [5.74, 6) is 0.681. The summed E-state index contributed by atoms with van der Waals surface area (Å²) >= 11 is 6.06. The second kappa shape index (κ2) is 6.62. The van der Waals surface area contributed by atoms with Crippen LogP contribution in [0.2, 0.25) is 5.02 Å². The molecule has 0 saturated heterocycles. The average Bonchev–Trinajstić information content (AvgIpc) is 2.30. The zero-order valence-electron chi connectivity index (χ0n) is 10.5. The van der Waals surface area contributed by atoms with Crippen LogP contribution in [0.15, 0.2) is 12.1 Å². The van der Waals surface area contributed by atoms with Gasteiger partial charge in [-0.25, -0.2) is 0 Å². The fourth-order valence-electron chi connectivity index (χ4n) is 1.56. The van der Waals surface area contributed by atoms with Crippen LogP contribution in [0.1, 0.15) is 29.8 Å². The van der Waals surface area contributed by atoms with Crippen molar-refractivity contribution in [2.24, 2.45) is 0 Å². The minimum Gasteiger partial charge on any atom is -0.492 e. The lowest BCUT2D eigenvalue weighted by Crippen LogP contribution is -2.23. The summed E-state index contributed by atoms with van der Waals surface area (Å²) in [4.78, 5) is 11.9. The van der Waals surface area contributed by atoms with Crippen molar-refractivity contribution in [1.29, 1.82) is 0 Å². The summed E-state index contributed by atoms with van der Waals surface area (Å²) < 4.78 is 5.37. The zero-order chi connectivity index (χ0) is 12.8. The number of carbonyl (C=O) groups excluding carboxylic acids is 1. The van der Waals surface area contributed by atoms with Gasteiger partial charge in [0.1, 0.15) is 5.75 Å². The van der Waals surface area contributed by atoms with E-state index < -0.39 is 0 Å². The number of benzene rings is 1. The molecule has 0 atom stereocenters. The fourth-order valence-corrected chi connectivity index (χ4v) is 1.77. The Balaban J connectivity index is 2.94. The highest BCUT2D eigenvalue weighted by Gasteiger charge is 2.12. The van der Waals surface area contributed by atoms with E-state index >= 15 is 0 Å². The van der Waals surface area contributed by atoms with Crippen molar-refractivity contribution in [3.8, 4) is 5.75 Å². The molecule has 0 fully saturated rings. The van der Waals surface area contributed by atoms with Gasteiger partial charge in [-0.3, -0.25) is 4.79 Å². The van der Waals surface area contributed by atoms with Gasteiger partial charge in [0.2, 0.25) is 0 Å². The van der Waals surface area contributed by atoms with Gasteiger partial charge in [0.15, 0.2) is 5.78 Å². The third-order valence-electron chi connectivity index (χ3n) is 2.41. The third-order valence-corrected chi connectivity index (χ3v) is 2.71. The molecule has 0 amide bonds. The summed E-state index contributed by atoms with van der Waals surface area (Å²) in [5.41, 5.74) is 1.54. The number of carbonyl (C=O) groups is 1. The van der Waals surface area contributed by atoms with Gasteiger partial charge in [-0.05, 0) is 38.1 Å². The summed E-state index contributed by atoms with van der Waals surface area (Å²) in [6.07, 6.45) is 0. The first-order chi connectivity index (χ1) is 8.10. The van der Waals surface area contributed by atoms with Crippen LogP contribution in [0.3, 0.4) is 0 Å². The van der Waals surface area contributed by atoms with Crippen LogP contribution in [0, 0.1) is 6.92 Å². The Morgan fingerprint density at radius 2 is 2.12 bits per heavy atom. The van der Waals surface area contributed by atoms with E-state index in [4.69, 9.17) is 16.3 Å². The molecular formula is C13H18ClNO2. The lowest BCUT2D eigenvalue weighted by Gasteiger charge is -2.10. The molecule has 0 aromatic heterocycles. The first-order valence-electron chi connectivity index (χ1n) is 5.77. The Labute approximate surface area is 107 Å². The van der Waals surface area contributed by atoms with E-state index in [1.165, 1.54) is 0 Å². The highest BCUT2D eigenvalue weighted by molar-refractivity contribution is 6.32. The van der Waals surface area contributed by atoms with Crippen molar-refractivity contribution < 1.29 is 9.53 Å². The monoisotopic (exact) mass is 255 g/mol.